The third-order valence-electron chi connectivity index (χ3n) is 4.23. The van der Waals surface area contributed by atoms with Gasteiger partial charge in [-0.15, -0.1) is 24.0 Å². The van der Waals surface area contributed by atoms with Gasteiger partial charge >= 0.3 is 0 Å². The molecule has 6 heteroatoms. The van der Waals surface area contributed by atoms with Crippen LogP contribution in [0.3, 0.4) is 0 Å². The Bertz CT molecular complexity index is 723. The summed E-state index contributed by atoms with van der Waals surface area (Å²) in [5, 5.41) is 7.49. The van der Waals surface area contributed by atoms with Gasteiger partial charge in [-0.2, -0.15) is 0 Å². The van der Waals surface area contributed by atoms with Gasteiger partial charge in [-0.05, 0) is 29.7 Å². The third kappa shape index (κ3) is 5.25. The molecule has 0 spiro atoms. The molecule has 1 heterocycles. The molecule has 3 rings (SSSR count). The molecular weight excluding hydrogens is 449 g/mol. The van der Waals surface area contributed by atoms with Gasteiger partial charge in [-0.1, -0.05) is 48.0 Å². The van der Waals surface area contributed by atoms with Gasteiger partial charge < -0.3 is 15.4 Å². The second-order valence-electron chi connectivity index (χ2n) is 5.77. The van der Waals surface area contributed by atoms with Gasteiger partial charge in [0.1, 0.15) is 5.75 Å². The van der Waals surface area contributed by atoms with Crippen molar-refractivity contribution in [2.75, 3.05) is 20.2 Å². The molecule has 4 nitrogen and oxygen atoms in total. The number of para-hydroxylation sites is 1. The molecule has 1 atom stereocenters. The summed E-state index contributed by atoms with van der Waals surface area (Å²) in [6.07, 6.45) is 1.01. The zero-order valence-corrected chi connectivity index (χ0v) is 17.3. The Hall–Kier alpha value is -1.47. The van der Waals surface area contributed by atoms with E-state index in [2.05, 4.69) is 27.8 Å². The summed E-state index contributed by atoms with van der Waals surface area (Å²) in [5.41, 5.74) is 2.32. The summed E-state index contributed by atoms with van der Waals surface area (Å²) in [5.74, 6) is 2.20. The van der Waals surface area contributed by atoms with E-state index in [-0.39, 0.29) is 24.0 Å². The van der Waals surface area contributed by atoms with Crippen molar-refractivity contribution in [1.82, 2.24) is 10.6 Å². The minimum atomic E-state index is 0. The molecule has 1 unspecified atom stereocenters. The summed E-state index contributed by atoms with van der Waals surface area (Å²) in [7, 11) is 1.78. The van der Waals surface area contributed by atoms with Crippen LogP contribution in [0.4, 0.5) is 0 Å². The highest BCUT2D eigenvalue weighted by atomic mass is 127. The highest BCUT2D eigenvalue weighted by Gasteiger charge is 2.21. The Kier molecular flexibility index (Phi) is 7.84. The van der Waals surface area contributed by atoms with E-state index in [4.69, 9.17) is 16.3 Å². The minimum Gasteiger partial charge on any atom is -0.493 e. The molecule has 2 N–H and O–H groups in total. The number of benzene rings is 2. The van der Waals surface area contributed by atoms with E-state index in [0.717, 1.165) is 41.9 Å². The van der Waals surface area contributed by atoms with E-state index >= 15 is 0 Å². The number of hydrogen-bond donors (Lipinski definition) is 2. The van der Waals surface area contributed by atoms with Crippen LogP contribution in [-0.2, 0) is 6.54 Å². The summed E-state index contributed by atoms with van der Waals surface area (Å²) in [6.45, 7) is 2.22. The van der Waals surface area contributed by atoms with E-state index in [1.165, 1.54) is 5.56 Å². The summed E-state index contributed by atoms with van der Waals surface area (Å²) in [6, 6.07) is 16.1. The predicted molar refractivity (Wildman–Crippen MR) is 114 cm³/mol. The molecule has 0 amide bonds. The van der Waals surface area contributed by atoms with Crippen LogP contribution in [0.15, 0.2) is 53.5 Å². The maximum atomic E-state index is 6.19. The average Bonchev–Trinajstić information content (AvgIpc) is 2.63. The van der Waals surface area contributed by atoms with Crippen molar-refractivity contribution < 1.29 is 4.74 Å². The second kappa shape index (κ2) is 9.87. The number of ether oxygens (including phenoxy) is 1. The van der Waals surface area contributed by atoms with E-state index < -0.39 is 0 Å². The maximum absolute atomic E-state index is 6.19. The Morgan fingerprint density at radius 1 is 1.16 bits per heavy atom. The first-order valence-corrected chi connectivity index (χ1v) is 8.55. The van der Waals surface area contributed by atoms with Gasteiger partial charge in [-0.25, -0.2) is 0 Å². The minimum absolute atomic E-state index is 0. The molecule has 0 saturated carbocycles. The molecule has 2 aromatic carbocycles. The number of guanidine groups is 1. The largest absolute Gasteiger partial charge is 0.493 e. The Labute approximate surface area is 171 Å². The zero-order valence-electron chi connectivity index (χ0n) is 14.2. The van der Waals surface area contributed by atoms with E-state index in [9.17, 15) is 0 Å². The summed E-state index contributed by atoms with van der Waals surface area (Å²) >= 11 is 6.19. The fourth-order valence-electron chi connectivity index (χ4n) is 2.89. The van der Waals surface area contributed by atoms with Crippen molar-refractivity contribution in [2.24, 2.45) is 4.99 Å². The topological polar surface area (TPSA) is 45.7 Å². The van der Waals surface area contributed by atoms with Crippen LogP contribution in [0.5, 0.6) is 5.75 Å². The molecule has 25 heavy (non-hydrogen) atoms. The summed E-state index contributed by atoms with van der Waals surface area (Å²) < 4.78 is 5.72. The van der Waals surface area contributed by atoms with Gasteiger partial charge in [0, 0.05) is 31.1 Å². The smallest absolute Gasteiger partial charge is 0.191 e. The van der Waals surface area contributed by atoms with Gasteiger partial charge in [0.2, 0.25) is 0 Å². The van der Waals surface area contributed by atoms with Crippen molar-refractivity contribution in [3.05, 3.63) is 64.7 Å². The highest BCUT2D eigenvalue weighted by Crippen LogP contribution is 2.32. The van der Waals surface area contributed by atoms with Crippen molar-refractivity contribution in [1.29, 1.82) is 0 Å². The lowest BCUT2D eigenvalue weighted by atomic mass is 9.93. The molecule has 1 aliphatic rings. The molecule has 0 aromatic heterocycles. The predicted octanol–water partition coefficient (Wildman–Crippen LogP) is 4.19. The van der Waals surface area contributed by atoms with Crippen molar-refractivity contribution in [3.63, 3.8) is 0 Å². The van der Waals surface area contributed by atoms with Crippen LogP contribution in [-0.4, -0.2) is 26.2 Å². The van der Waals surface area contributed by atoms with E-state index in [0.29, 0.717) is 12.5 Å². The fourth-order valence-corrected chi connectivity index (χ4v) is 3.09. The SMILES string of the molecule is CN=C(NCc1ccccc1Cl)NCC1CCOc2ccccc21.I. The standard InChI is InChI=1S/C19H22ClN3O.HI/c1-21-19(23-13-15-6-2-4-8-17(15)20)22-12-14-10-11-24-18-9-5-3-7-16(14)18;/h2-9,14H,10-13H2,1H3,(H2,21,22,23);1H. The molecule has 134 valence electrons. The van der Waals surface area contributed by atoms with Crippen LogP contribution in [0, 0.1) is 0 Å². The lowest BCUT2D eigenvalue weighted by Crippen LogP contribution is -2.39. The third-order valence-corrected chi connectivity index (χ3v) is 4.60. The summed E-state index contributed by atoms with van der Waals surface area (Å²) in [4.78, 5) is 4.29. The number of fused-ring (bicyclic) bond motifs is 1. The number of aliphatic imine (C=N–C) groups is 1. The second-order valence-corrected chi connectivity index (χ2v) is 6.18. The molecule has 2 aromatic rings. The molecule has 0 saturated heterocycles. The van der Waals surface area contributed by atoms with Crippen molar-refractivity contribution in [3.8, 4) is 5.75 Å². The van der Waals surface area contributed by atoms with Crippen LogP contribution < -0.4 is 15.4 Å². The number of nitrogens with one attached hydrogen (secondary N) is 2. The molecular formula is C19H23ClIN3O. The first-order valence-electron chi connectivity index (χ1n) is 8.17. The van der Waals surface area contributed by atoms with E-state index in [1.807, 2.05) is 36.4 Å². The lowest BCUT2D eigenvalue weighted by Gasteiger charge is -2.26. The number of hydrogen-bond acceptors (Lipinski definition) is 2. The number of halogens is 2. The Morgan fingerprint density at radius 2 is 1.92 bits per heavy atom. The van der Waals surface area contributed by atoms with Crippen LogP contribution in [0.25, 0.3) is 0 Å². The van der Waals surface area contributed by atoms with Gasteiger partial charge in [0.25, 0.3) is 0 Å². The van der Waals surface area contributed by atoms with Crippen LogP contribution in [0.2, 0.25) is 5.02 Å². The van der Waals surface area contributed by atoms with E-state index in [1.54, 1.807) is 7.05 Å². The number of rotatable bonds is 4. The highest BCUT2D eigenvalue weighted by molar-refractivity contribution is 14.0. The first-order chi connectivity index (χ1) is 11.8. The molecule has 1 aliphatic heterocycles. The average molecular weight is 472 g/mol. The van der Waals surface area contributed by atoms with Gasteiger partial charge in [0.05, 0.1) is 6.61 Å². The Balaban J connectivity index is 0.00000225. The number of nitrogens with zero attached hydrogens (tertiary/aromatic N) is 1. The first kappa shape index (κ1) is 19.8. The lowest BCUT2D eigenvalue weighted by molar-refractivity contribution is 0.267. The van der Waals surface area contributed by atoms with Crippen molar-refractivity contribution >= 4 is 41.5 Å². The monoisotopic (exact) mass is 471 g/mol. The molecule has 0 radical (unpaired) electrons. The normalized spacial score (nSPS) is 16.2. The van der Waals surface area contributed by atoms with Gasteiger partial charge in [-0.3, -0.25) is 4.99 Å². The van der Waals surface area contributed by atoms with Crippen LogP contribution in [0.1, 0.15) is 23.5 Å². The van der Waals surface area contributed by atoms with Crippen molar-refractivity contribution in [2.45, 2.75) is 18.9 Å². The Morgan fingerprint density at radius 3 is 2.72 bits per heavy atom. The molecule has 0 fully saturated rings. The zero-order chi connectivity index (χ0) is 16.8. The molecule has 0 aliphatic carbocycles. The molecule has 0 bridgehead atoms. The maximum Gasteiger partial charge on any atom is 0.191 e. The quantitative estimate of drug-likeness (QED) is 0.399. The van der Waals surface area contributed by atoms with Crippen LogP contribution >= 0.6 is 35.6 Å². The van der Waals surface area contributed by atoms with Gasteiger partial charge in [0.15, 0.2) is 5.96 Å². The fraction of sp³-hybridized carbons (Fsp3) is 0.316.